The molecular formula is C17H27N5OS. The molecule has 2 aromatic rings. The largest absolute Gasteiger partial charge is 0.340 e. The van der Waals surface area contributed by atoms with Crippen molar-refractivity contribution >= 4 is 11.3 Å². The van der Waals surface area contributed by atoms with Gasteiger partial charge in [0, 0.05) is 30.6 Å². The summed E-state index contributed by atoms with van der Waals surface area (Å²) in [4.78, 5) is 14.0. The van der Waals surface area contributed by atoms with E-state index in [0.717, 1.165) is 44.2 Å². The van der Waals surface area contributed by atoms with E-state index >= 15 is 0 Å². The fraction of sp³-hybridized carbons (Fsp3) is 0.706. The van der Waals surface area contributed by atoms with Gasteiger partial charge in [-0.25, -0.2) is 4.98 Å². The Bertz CT molecular complexity index is 640. The van der Waals surface area contributed by atoms with Gasteiger partial charge in [0.1, 0.15) is 5.01 Å². The van der Waals surface area contributed by atoms with Crippen molar-refractivity contribution in [3.05, 3.63) is 27.8 Å². The third-order valence-corrected chi connectivity index (χ3v) is 5.60. The van der Waals surface area contributed by atoms with Crippen molar-refractivity contribution in [3.63, 3.8) is 0 Å². The molecule has 6 nitrogen and oxygen atoms in total. The van der Waals surface area contributed by atoms with E-state index in [1.54, 1.807) is 11.3 Å². The van der Waals surface area contributed by atoms with Crippen LogP contribution in [0.3, 0.4) is 0 Å². The number of likely N-dealkylation sites (tertiary alicyclic amines) is 1. The molecule has 3 heterocycles. The SMILES string of the molecule is CCN(Cc1noc(C)n1)[C@H]1CCCN(Cc2nc(C)cs2)CC1. The van der Waals surface area contributed by atoms with Crippen molar-refractivity contribution < 1.29 is 4.52 Å². The second-order valence-corrected chi connectivity index (χ2v) is 7.48. The zero-order chi connectivity index (χ0) is 16.9. The van der Waals surface area contributed by atoms with E-state index in [1.807, 2.05) is 6.92 Å². The van der Waals surface area contributed by atoms with Gasteiger partial charge in [-0.1, -0.05) is 12.1 Å². The van der Waals surface area contributed by atoms with Crippen molar-refractivity contribution in [1.29, 1.82) is 0 Å². The Morgan fingerprint density at radius 3 is 2.83 bits per heavy atom. The summed E-state index contributed by atoms with van der Waals surface area (Å²) in [6, 6.07) is 0.594. The van der Waals surface area contributed by atoms with Crippen LogP contribution in [0, 0.1) is 13.8 Å². The fourth-order valence-corrected chi connectivity index (χ4v) is 4.23. The number of nitrogens with zero attached hydrogens (tertiary/aromatic N) is 5. The van der Waals surface area contributed by atoms with E-state index < -0.39 is 0 Å². The lowest BCUT2D eigenvalue weighted by Crippen LogP contribution is -2.36. The zero-order valence-corrected chi connectivity index (χ0v) is 15.7. The third kappa shape index (κ3) is 4.62. The fourth-order valence-electron chi connectivity index (χ4n) is 3.41. The normalized spacial score (nSPS) is 19.8. The van der Waals surface area contributed by atoms with Gasteiger partial charge < -0.3 is 4.52 Å². The van der Waals surface area contributed by atoms with E-state index in [9.17, 15) is 0 Å². The molecule has 2 aromatic heterocycles. The molecular weight excluding hydrogens is 322 g/mol. The molecule has 0 N–H and O–H groups in total. The molecule has 3 rings (SSSR count). The molecule has 24 heavy (non-hydrogen) atoms. The van der Waals surface area contributed by atoms with Gasteiger partial charge >= 0.3 is 0 Å². The van der Waals surface area contributed by atoms with Gasteiger partial charge in [0.25, 0.3) is 0 Å². The summed E-state index contributed by atoms with van der Waals surface area (Å²) in [5.41, 5.74) is 1.13. The lowest BCUT2D eigenvalue weighted by atomic mass is 10.1. The molecule has 0 aliphatic carbocycles. The summed E-state index contributed by atoms with van der Waals surface area (Å²) in [7, 11) is 0. The second-order valence-electron chi connectivity index (χ2n) is 6.54. The molecule has 0 unspecified atom stereocenters. The highest BCUT2D eigenvalue weighted by Gasteiger charge is 2.23. The van der Waals surface area contributed by atoms with E-state index in [4.69, 9.17) is 4.52 Å². The molecule has 0 amide bonds. The summed E-state index contributed by atoms with van der Waals surface area (Å²) in [5, 5.41) is 7.43. The smallest absolute Gasteiger partial charge is 0.223 e. The van der Waals surface area contributed by atoms with Crippen LogP contribution in [-0.4, -0.2) is 50.6 Å². The van der Waals surface area contributed by atoms with Crippen LogP contribution in [0.4, 0.5) is 0 Å². The van der Waals surface area contributed by atoms with Crippen LogP contribution in [0.1, 0.15) is 48.6 Å². The van der Waals surface area contributed by atoms with E-state index in [-0.39, 0.29) is 0 Å². The predicted molar refractivity (Wildman–Crippen MR) is 94.9 cm³/mol. The van der Waals surface area contributed by atoms with Crippen LogP contribution < -0.4 is 0 Å². The van der Waals surface area contributed by atoms with Crippen LogP contribution in [0.2, 0.25) is 0 Å². The molecule has 0 spiro atoms. The number of aryl methyl sites for hydroxylation is 2. The van der Waals surface area contributed by atoms with Crippen molar-refractivity contribution in [2.75, 3.05) is 19.6 Å². The Balaban J connectivity index is 1.55. The average molecular weight is 350 g/mol. The third-order valence-electron chi connectivity index (χ3n) is 4.65. The number of thiazole rings is 1. The summed E-state index contributed by atoms with van der Waals surface area (Å²) in [6.07, 6.45) is 3.66. The quantitative estimate of drug-likeness (QED) is 0.799. The molecule has 1 saturated heterocycles. The van der Waals surface area contributed by atoms with Gasteiger partial charge in [-0.3, -0.25) is 9.80 Å². The van der Waals surface area contributed by atoms with Crippen molar-refractivity contribution in [3.8, 4) is 0 Å². The molecule has 1 atom stereocenters. The highest BCUT2D eigenvalue weighted by Crippen LogP contribution is 2.20. The maximum Gasteiger partial charge on any atom is 0.223 e. The Morgan fingerprint density at radius 2 is 2.17 bits per heavy atom. The van der Waals surface area contributed by atoms with Crippen LogP contribution in [-0.2, 0) is 13.1 Å². The van der Waals surface area contributed by atoms with Gasteiger partial charge in [0.05, 0.1) is 13.1 Å². The predicted octanol–water partition coefficient (Wildman–Crippen LogP) is 3.02. The monoisotopic (exact) mass is 349 g/mol. The molecule has 1 fully saturated rings. The maximum atomic E-state index is 5.11. The highest BCUT2D eigenvalue weighted by atomic mass is 32.1. The lowest BCUT2D eigenvalue weighted by Gasteiger charge is -2.28. The van der Waals surface area contributed by atoms with Gasteiger partial charge in [0.2, 0.25) is 5.89 Å². The lowest BCUT2D eigenvalue weighted by molar-refractivity contribution is 0.170. The molecule has 1 aliphatic rings. The summed E-state index contributed by atoms with van der Waals surface area (Å²) < 4.78 is 5.11. The highest BCUT2D eigenvalue weighted by molar-refractivity contribution is 7.09. The minimum atomic E-state index is 0.594. The van der Waals surface area contributed by atoms with Crippen molar-refractivity contribution in [1.82, 2.24) is 24.9 Å². The second kappa shape index (κ2) is 8.18. The topological polar surface area (TPSA) is 58.3 Å². The van der Waals surface area contributed by atoms with Crippen LogP contribution >= 0.6 is 11.3 Å². The first kappa shape index (κ1) is 17.5. The van der Waals surface area contributed by atoms with Gasteiger partial charge in [-0.15, -0.1) is 11.3 Å². The minimum absolute atomic E-state index is 0.594. The number of rotatable bonds is 6. The van der Waals surface area contributed by atoms with Gasteiger partial charge in [-0.2, -0.15) is 4.98 Å². The molecule has 1 aliphatic heterocycles. The molecule has 0 aromatic carbocycles. The Hall–Kier alpha value is -1.31. The number of aromatic nitrogens is 3. The Labute approximate surface area is 147 Å². The van der Waals surface area contributed by atoms with E-state index in [2.05, 4.69) is 44.2 Å². The Kier molecular flexibility index (Phi) is 5.97. The van der Waals surface area contributed by atoms with Crippen molar-refractivity contribution in [2.24, 2.45) is 0 Å². The standard InChI is InChI=1S/C17H27N5OS/c1-4-22(10-16-19-14(3)23-20-16)15-6-5-8-21(9-7-15)11-17-18-13(2)12-24-17/h12,15H,4-11H2,1-3H3/t15-/m0/s1. The summed E-state index contributed by atoms with van der Waals surface area (Å²) in [5.74, 6) is 1.44. The maximum absolute atomic E-state index is 5.11. The van der Waals surface area contributed by atoms with E-state index in [0.29, 0.717) is 11.9 Å². The average Bonchev–Trinajstić information content (AvgIpc) is 3.08. The minimum Gasteiger partial charge on any atom is -0.340 e. The molecule has 0 radical (unpaired) electrons. The Morgan fingerprint density at radius 1 is 1.29 bits per heavy atom. The van der Waals surface area contributed by atoms with Crippen LogP contribution in [0.25, 0.3) is 0 Å². The van der Waals surface area contributed by atoms with Gasteiger partial charge in [0.15, 0.2) is 5.82 Å². The number of hydrogen-bond acceptors (Lipinski definition) is 7. The molecule has 0 saturated carbocycles. The van der Waals surface area contributed by atoms with Crippen LogP contribution in [0.15, 0.2) is 9.90 Å². The molecule has 132 valence electrons. The molecule has 0 bridgehead atoms. The first-order valence-corrected chi connectivity index (χ1v) is 9.68. The summed E-state index contributed by atoms with van der Waals surface area (Å²) in [6.45, 7) is 11.2. The summed E-state index contributed by atoms with van der Waals surface area (Å²) >= 11 is 1.78. The van der Waals surface area contributed by atoms with Gasteiger partial charge in [-0.05, 0) is 39.3 Å². The number of hydrogen-bond donors (Lipinski definition) is 0. The zero-order valence-electron chi connectivity index (χ0n) is 14.9. The van der Waals surface area contributed by atoms with Crippen molar-refractivity contribution in [2.45, 2.75) is 59.2 Å². The molecule has 7 heteroatoms. The van der Waals surface area contributed by atoms with E-state index in [1.165, 1.54) is 24.3 Å². The van der Waals surface area contributed by atoms with Crippen LogP contribution in [0.5, 0.6) is 0 Å². The first-order chi connectivity index (χ1) is 11.6. The first-order valence-electron chi connectivity index (χ1n) is 8.80.